The van der Waals surface area contributed by atoms with Gasteiger partial charge in [-0.2, -0.15) is 0 Å². The summed E-state index contributed by atoms with van der Waals surface area (Å²) < 4.78 is 5.27. The van der Waals surface area contributed by atoms with Crippen LogP contribution in [0.5, 0.6) is 5.75 Å². The fourth-order valence-corrected chi connectivity index (χ4v) is 2.92. The number of carbonyl (C=O) groups is 1. The molecule has 2 heteroatoms. The van der Waals surface area contributed by atoms with E-state index in [-0.39, 0.29) is 11.2 Å². The summed E-state index contributed by atoms with van der Waals surface area (Å²) in [4.78, 5) is 12.0. The van der Waals surface area contributed by atoms with Crippen LogP contribution in [-0.2, 0) is 5.41 Å². The van der Waals surface area contributed by atoms with Crippen LogP contribution in [0.15, 0.2) is 42.5 Å². The molecule has 102 valence electrons. The van der Waals surface area contributed by atoms with Crippen molar-refractivity contribution in [3.63, 3.8) is 0 Å². The second-order valence-corrected chi connectivity index (χ2v) is 5.98. The van der Waals surface area contributed by atoms with Gasteiger partial charge in [0, 0.05) is 12.0 Å². The first-order chi connectivity index (χ1) is 9.51. The van der Waals surface area contributed by atoms with Crippen molar-refractivity contribution in [2.45, 2.75) is 25.7 Å². The second-order valence-electron chi connectivity index (χ2n) is 5.98. The summed E-state index contributed by atoms with van der Waals surface area (Å²) in [6.07, 6.45) is 0.601. The molecular formula is C18H18O2. The van der Waals surface area contributed by atoms with Gasteiger partial charge in [0.25, 0.3) is 0 Å². The third-order valence-corrected chi connectivity index (χ3v) is 4.05. The van der Waals surface area contributed by atoms with Gasteiger partial charge in [0.1, 0.15) is 5.75 Å². The number of hydrogen-bond acceptors (Lipinski definition) is 2. The highest BCUT2D eigenvalue weighted by atomic mass is 16.5. The van der Waals surface area contributed by atoms with Gasteiger partial charge in [0.15, 0.2) is 5.78 Å². The molecule has 0 fully saturated rings. The van der Waals surface area contributed by atoms with Gasteiger partial charge in [0.2, 0.25) is 0 Å². The van der Waals surface area contributed by atoms with Crippen LogP contribution in [0.4, 0.5) is 0 Å². The summed E-state index contributed by atoms with van der Waals surface area (Å²) >= 11 is 0. The van der Waals surface area contributed by atoms with Crippen LogP contribution in [0.25, 0.3) is 11.1 Å². The van der Waals surface area contributed by atoms with E-state index in [2.05, 4.69) is 26.0 Å². The van der Waals surface area contributed by atoms with Gasteiger partial charge in [-0.1, -0.05) is 38.1 Å². The largest absolute Gasteiger partial charge is 0.497 e. The highest BCUT2D eigenvalue weighted by Gasteiger charge is 2.35. The van der Waals surface area contributed by atoms with Gasteiger partial charge in [-0.05, 0) is 40.3 Å². The van der Waals surface area contributed by atoms with Crippen molar-refractivity contribution in [1.29, 1.82) is 0 Å². The van der Waals surface area contributed by atoms with E-state index in [1.165, 1.54) is 0 Å². The first kappa shape index (κ1) is 12.9. The Hall–Kier alpha value is -2.09. The van der Waals surface area contributed by atoms with Crippen LogP contribution in [0.1, 0.15) is 36.2 Å². The highest BCUT2D eigenvalue weighted by molar-refractivity contribution is 6.02. The van der Waals surface area contributed by atoms with Crippen LogP contribution in [-0.4, -0.2) is 12.9 Å². The molecular weight excluding hydrogens is 248 g/mol. The Labute approximate surface area is 119 Å². The molecule has 0 N–H and O–H groups in total. The maximum Gasteiger partial charge on any atom is 0.164 e. The maximum absolute atomic E-state index is 12.0. The maximum atomic E-state index is 12.0. The van der Waals surface area contributed by atoms with E-state index in [4.69, 9.17) is 4.74 Å². The third kappa shape index (κ3) is 2.01. The summed E-state index contributed by atoms with van der Waals surface area (Å²) in [5.74, 6) is 1.10. The van der Waals surface area contributed by atoms with Crippen molar-refractivity contribution in [3.05, 3.63) is 53.6 Å². The zero-order valence-corrected chi connectivity index (χ0v) is 12.1. The number of benzene rings is 2. The molecule has 0 saturated heterocycles. The lowest BCUT2D eigenvalue weighted by atomic mass is 9.85. The average molecular weight is 266 g/mol. The Morgan fingerprint density at radius 1 is 1.05 bits per heavy atom. The van der Waals surface area contributed by atoms with E-state index >= 15 is 0 Å². The molecule has 0 amide bonds. The molecule has 0 bridgehead atoms. The van der Waals surface area contributed by atoms with Crippen LogP contribution >= 0.6 is 0 Å². The van der Waals surface area contributed by atoms with Crippen molar-refractivity contribution in [2.75, 3.05) is 7.11 Å². The Balaban J connectivity index is 2.11. The van der Waals surface area contributed by atoms with Crippen LogP contribution in [0.3, 0.4) is 0 Å². The van der Waals surface area contributed by atoms with E-state index in [0.717, 1.165) is 28.0 Å². The molecule has 0 saturated carbocycles. The SMILES string of the molecule is COc1cccc(-c2ccc3c(c2)C(C)(C)CC3=O)c1. The molecule has 3 rings (SSSR count). The molecule has 2 aromatic carbocycles. The topological polar surface area (TPSA) is 26.3 Å². The molecule has 20 heavy (non-hydrogen) atoms. The predicted octanol–water partition coefficient (Wildman–Crippen LogP) is 4.23. The fourth-order valence-electron chi connectivity index (χ4n) is 2.92. The second kappa shape index (κ2) is 4.48. The van der Waals surface area contributed by atoms with Gasteiger partial charge in [-0.15, -0.1) is 0 Å². The predicted molar refractivity (Wildman–Crippen MR) is 80.4 cm³/mol. The Kier molecular flexibility index (Phi) is 2.89. The van der Waals surface area contributed by atoms with Crippen molar-refractivity contribution in [1.82, 2.24) is 0 Å². The molecule has 1 aliphatic rings. The molecule has 0 spiro atoms. The van der Waals surface area contributed by atoms with Crippen molar-refractivity contribution < 1.29 is 9.53 Å². The van der Waals surface area contributed by atoms with Crippen LogP contribution < -0.4 is 4.74 Å². The minimum absolute atomic E-state index is 0.0682. The van der Waals surface area contributed by atoms with Gasteiger partial charge in [-0.25, -0.2) is 0 Å². The van der Waals surface area contributed by atoms with Crippen LogP contribution in [0.2, 0.25) is 0 Å². The number of fused-ring (bicyclic) bond motifs is 1. The Morgan fingerprint density at radius 3 is 2.55 bits per heavy atom. The summed E-state index contributed by atoms with van der Waals surface area (Å²) in [5.41, 5.74) is 4.21. The molecule has 0 radical (unpaired) electrons. The Morgan fingerprint density at radius 2 is 1.80 bits per heavy atom. The number of ether oxygens (including phenoxy) is 1. The number of ketones is 1. The molecule has 2 nitrogen and oxygen atoms in total. The first-order valence-electron chi connectivity index (χ1n) is 6.83. The summed E-state index contributed by atoms with van der Waals surface area (Å²) in [7, 11) is 1.67. The van der Waals surface area contributed by atoms with Crippen molar-refractivity contribution in [3.8, 4) is 16.9 Å². The molecule has 0 aliphatic heterocycles. The van der Waals surface area contributed by atoms with E-state index < -0.39 is 0 Å². The minimum Gasteiger partial charge on any atom is -0.497 e. The minimum atomic E-state index is -0.0682. The average Bonchev–Trinajstić information content (AvgIpc) is 2.68. The third-order valence-electron chi connectivity index (χ3n) is 4.05. The molecule has 0 atom stereocenters. The van der Waals surface area contributed by atoms with Gasteiger partial charge < -0.3 is 4.74 Å². The monoisotopic (exact) mass is 266 g/mol. The van der Waals surface area contributed by atoms with Crippen molar-refractivity contribution >= 4 is 5.78 Å². The lowest BCUT2D eigenvalue weighted by Gasteiger charge is -2.18. The lowest BCUT2D eigenvalue weighted by Crippen LogP contribution is -2.12. The smallest absolute Gasteiger partial charge is 0.164 e. The highest BCUT2D eigenvalue weighted by Crippen LogP contribution is 2.40. The Bertz CT molecular complexity index is 684. The summed E-state index contributed by atoms with van der Waals surface area (Å²) in [5, 5.41) is 0. The standard InChI is InChI=1S/C18H18O2/c1-18(2)11-17(19)15-8-7-13(10-16(15)18)12-5-4-6-14(9-12)20-3/h4-10H,11H2,1-3H3. The zero-order chi connectivity index (χ0) is 14.3. The number of Topliss-reactive ketones (excluding diaryl/α,β-unsaturated/α-hetero) is 1. The van der Waals surface area contributed by atoms with Crippen molar-refractivity contribution in [2.24, 2.45) is 0 Å². The van der Waals surface area contributed by atoms with Gasteiger partial charge in [-0.3, -0.25) is 4.79 Å². The summed E-state index contributed by atoms with van der Waals surface area (Å²) in [6.45, 7) is 4.26. The molecule has 0 unspecified atom stereocenters. The van der Waals surface area contributed by atoms with E-state index in [1.54, 1.807) is 7.11 Å². The van der Waals surface area contributed by atoms with Gasteiger partial charge >= 0.3 is 0 Å². The normalized spacial score (nSPS) is 16.1. The number of carbonyl (C=O) groups excluding carboxylic acids is 1. The quantitative estimate of drug-likeness (QED) is 0.813. The number of hydrogen-bond donors (Lipinski definition) is 0. The summed E-state index contributed by atoms with van der Waals surface area (Å²) in [6, 6.07) is 14.1. The van der Waals surface area contributed by atoms with Gasteiger partial charge in [0.05, 0.1) is 7.11 Å². The van der Waals surface area contributed by atoms with Crippen LogP contribution in [0, 0.1) is 0 Å². The fraction of sp³-hybridized carbons (Fsp3) is 0.278. The molecule has 1 aliphatic carbocycles. The van der Waals surface area contributed by atoms with E-state index in [9.17, 15) is 4.79 Å². The molecule has 0 aromatic heterocycles. The first-order valence-corrected chi connectivity index (χ1v) is 6.83. The number of methoxy groups -OCH3 is 1. The molecule has 0 heterocycles. The number of rotatable bonds is 2. The lowest BCUT2D eigenvalue weighted by molar-refractivity contribution is 0.0979. The van der Waals surface area contributed by atoms with E-state index in [1.807, 2.05) is 30.3 Å². The van der Waals surface area contributed by atoms with E-state index in [0.29, 0.717) is 6.42 Å². The molecule has 2 aromatic rings. The zero-order valence-electron chi connectivity index (χ0n) is 12.1.